The van der Waals surface area contributed by atoms with Gasteiger partial charge >= 0.3 is 0 Å². The lowest BCUT2D eigenvalue weighted by Crippen LogP contribution is -2.40. The number of nitriles is 1. The van der Waals surface area contributed by atoms with Gasteiger partial charge in [-0.15, -0.1) is 0 Å². The van der Waals surface area contributed by atoms with Crippen LogP contribution < -0.4 is 0 Å². The summed E-state index contributed by atoms with van der Waals surface area (Å²) in [6.07, 6.45) is 5.79. The molecule has 0 spiro atoms. The Morgan fingerprint density at radius 3 is 2.79 bits per heavy atom. The zero-order chi connectivity index (χ0) is 10.1. The third-order valence-corrected chi connectivity index (χ3v) is 3.96. The van der Waals surface area contributed by atoms with Crippen molar-refractivity contribution in [2.75, 3.05) is 0 Å². The standard InChI is InChI=1S/C12H17NO/c1-8-6-9-4-2-3-5-10(9)12(14)11(8)7-13/h8-11H,2-6H2,1H3/t8-,9+,10-,11+/m0/s1. The third-order valence-electron chi connectivity index (χ3n) is 3.96. The van der Waals surface area contributed by atoms with E-state index in [0.29, 0.717) is 5.92 Å². The molecule has 2 saturated carbocycles. The quantitative estimate of drug-likeness (QED) is 0.590. The van der Waals surface area contributed by atoms with Crippen LogP contribution in [0.15, 0.2) is 0 Å². The van der Waals surface area contributed by atoms with E-state index in [1.807, 2.05) is 0 Å². The van der Waals surface area contributed by atoms with E-state index in [2.05, 4.69) is 13.0 Å². The van der Waals surface area contributed by atoms with E-state index < -0.39 is 0 Å². The largest absolute Gasteiger partial charge is 0.298 e. The van der Waals surface area contributed by atoms with Crippen LogP contribution in [-0.4, -0.2) is 5.78 Å². The molecule has 0 aliphatic heterocycles. The molecule has 0 unspecified atom stereocenters. The molecule has 2 heteroatoms. The van der Waals surface area contributed by atoms with Crippen LogP contribution in [-0.2, 0) is 4.79 Å². The Labute approximate surface area is 85.3 Å². The summed E-state index contributed by atoms with van der Waals surface area (Å²) in [5, 5.41) is 8.95. The molecule has 0 N–H and O–H groups in total. The summed E-state index contributed by atoms with van der Waals surface area (Å²) in [5.41, 5.74) is 0. The first-order valence-electron chi connectivity index (χ1n) is 5.67. The van der Waals surface area contributed by atoms with Crippen molar-refractivity contribution >= 4 is 5.78 Å². The Kier molecular flexibility index (Phi) is 2.58. The summed E-state index contributed by atoms with van der Waals surface area (Å²) >= 11 is 0. The van der Waals surface area contributed by atoms with Gasteiger partial charge in [0.05, 0.1) is 6.07 Å². The molecule has 2 fully saturated rings. The number of nitrogens with zero attached hydrogens (tertiary/aromatic N) is 1. The summed E-state index contributed by atoms with van der Waals surface area (Å²) in [4.78, 5) is 12.0. The molecule has 0 amide bonds. The number of ketones is 1. The molecule has 2 nitrogen and oxygen atoms in total. The Morgan fingerprint density at radius 2 is 2.07 bits per heavy atom. The van der Waals surface area contributed by atoms with E-state index in [9.17, 15) is 4.79 Å². The third kappa shape index (κ3) is 1.45. The van der Waals surface area contributed by atoms with Crippen LogP contribution in [0.2, 0.25) is 0 Å². The molecule has 2 aliphatic rings. The Hall–Kier alpha value is -0.840. The number of Topliss-reactive ketones (excluding diaryl/α,β-unsaturated/α-hetero) is 1. The number of fused-ring (bicyclic) bond motifs is 1. The predicted octanol–water partition coefficient (Wildman–Crippen LogP) is 2.54. The van der Waals surface area contributed by atoms with Crippen LogP contribution in [0.4, 0.5) is 0 Å². The van der Waals surface area contributed by atoms with Crippen molar-refractivity contribution in [3.8, 4) is 6.07 Å². The molecule has 2 aliphatic carbocycles. The molecule has 2 rings (SSSR count). The van der Waals surface area contributed by atoms with E-state index in [1.54, 1.807) is 0 Å². The van der Waals surface area contributed by atoms with Gasteiger partial charge in [-0.3, -0.25) is 4.79 Å². The number of carbonyl (C=O) groups excluding carboxylic acids is 1. The maximum Gasteiger partial charge on any atom is 0.153 e. The molecular formula is C12H17NO. The summed E-state index contributed by atoms with van der Waals surface area (Å²) < 4.78 is 0. The van der Waals surface area contributed by atoms with Gasteiger partial charge < -0.3 is 0 Å². The Morgan fingerprint density at radius 1 is 1.36 bits per heavy atom. The number of carbonyl (C=O) groups is 1. The Bertz CT molecular complexity index is 279. The van der Waals surface area contributed by atoms with Gasteiger partial charge in [-0.2, -0.15) is 5.26 Å². The van der Waals surface area contributed by atoms with Crippen molar-refractivity contribution in [2.45, 2.75) is 39.0 Å². The molecule has 0 aromatic heterocycles. The topological polar surface area (TPSA) is 40.9 Å². The molecule has 4 atom stereocenters. The maximum absolute atomic E-state index is 12.0. The zero-order valence-electron chi connectivity index (χ0n) is 8.70. The second-order valence-electron chi connectivity index (χ2n) is 4.87. The summed E-state index contributed by atoms with van der Waals surface area (Å²) in [5.74, 6) is 1.04. The normalized spacial score (nSPS) is 42.7. The van der Waals surface area contributed by atoms with E-state index in [-0.39, 0.29) is 23.5 Å². The van der Waals surface area contributed by atoms with Gasteiger partial charge in [-0.25, -0.2) is 0 Å². The Balaban J connectivity index is 2.17. The molecule has 0 saturated heterocycles. The SMILES string of the molecule is C[C@H]1C[C@H]2CCCC[C@@H]2C(=O)[C@@H]1C#N. The molecule has 0 aromatic carbocycles. The predicted molar refractivity (Wildman–Crippen MR) is 53.3 cm³/mol. The lowest BCUT2D eigenvalue weighted by molar-refractivity contribution is -0.133. The second-order valence-corrected chi connectivity index (χ2v) is 4.87. The van der Waals surface area contributed by atoms with Crippen molar-refractivity contribution < 1.29 is 4.79 Å². The molecule has 0 bridgehead atoms. The van der Waals surface area contributed by atoms with Gasteiger partial charge in [0.15, 0.2) is 5.78 Å². The minimum Gasteiger partial charge on any atom is -0.298 e. The highest BCUT2D eigenvalue weighted by Crippen LogP contribution is 2.42. The maximum atomic E-state index is 12.0. The molecule has 0 heterocycles. The minimum absolute atomic E-state index is 0.226. The highest BCUT2D eigenvalue weighted by atomic mass is 16.1. The lowest BCUT2D eigenvalue weighted by Gasteiger charge is -2.39. The number of rotatable bonds is 0. The average molecular weight is 191 g/mol. The highest BCUT2D eigenvalue weighted by Gasteiger charge is 2.42. The second kappa shape index (κ2) is 3.73. The fourth-order valence-corrected chi connectivity index (χ4v) is 3.18. The van der Waals surface area contributed by atoms with Crippen LogP contribution in [0.3, 0.4) is 0 Å². The number of hydrogen-bond donors (Lipinski definition) is 0. The molecule has 0 radical (unpaired) electrons. The van der Waals surface area contributed by atoms with E-state index in [0.717, 1.165) is 12.8 Å². The van der Waals surface area contributed by atoms with Crippen LogP contribution in [0.5, 0.6) is 0 Å². The van der Waals surface area contributed by atoms with E-state index in [1.165, 1.54) is 19.3 Å². The monoisotopic (exact) mass is 191 g/mol. The highest BCUT2D eigenvalue weighted by molar-refractivity contribution is 5.87. The summed E-state index contributed by atoms with van der Waals surface area (Å²) in [7, 11) is 0. The van der Waals surface area contributed by atoms with Gasteiger partial charge in [0, 0.05) is 5.92 Å². The summed E-state index contributed by atoms with van der Waals surface area (Å²) in [6.45, 7) is 2.05. The smallest absolute Gasteiger partial charge is 0.153 e. The van der Waals surface area contributed by atoms with Crippen molar-refractivity contribution in [3.63, 3.8) is 0 Å². The first-order chi connectivity index (χ1) is 6.74. The minimum atomic E-state index is -0.311. The van der Waals surface area contributed by atoms with Crippen molar-refractivity contribution in [1.29, 1.82) is 5.26 Å². The summed E-state index contributed by atoms with van der Waals surface area (Å²) in [6, 6.07) is 2.19. The molecule has 0 aromatic rings. The number of hydrogen-bond acceptors (Lipinski definition) is 2. The van der Waals surface area contributed by atoms with Gasteiger partial charge in [0.1, 0.15) is 5.92 Å². The average Bonchev–Trinajstić information content (AvgIpc) is 2.18. The van der Waals surface area contributed by atoms with Gasteiger partial charge in [0.25, 0.3) is 0 Å². The fraction of sp³-hybridized carbons (Fsp3) is 0.833. The fourth-order valence-electron chi connectivity index (χ4n) is 3.18. The van der Waals surface area contributed by atoms with Crippen molar-refractivity contribution in [2.24, 2.45) is 23.7 Å². The molecule has 76 valence electrons. The van der Waals surface area contributed by atoms with E-state index in [4.69, 9.17) is 5.26 Å². The van der Waals surface area contributed by atoms with Gasteiger partial charge in [-0.1, -0.05) is 19.8 Å². The van der Waals surface area contributed by atoms with E-state index >= 15 is 0 Å². The van der Waals surface area contributed by atoms with Crippen LogP contribution >= 0.6 is 0 Å². The van der Waals surface area contributed by atoms with Crippen molar-refractivity contribution in [3.05, 3.63) is 0 Å². The first kappa shape index (κ1) is 9.71. The van der Waals surface area contributed by atoms with Crippen LogP contribution in [0, 0.1) is 35.0 Å². The van der Waals surface area contributed by atoms with Crippen molar-refractivity contribution in [1.82, 2.24) is 0 Å². The lowest BCUT2D eigenvalue weighted by atomic mass is 9.63. The van der Waals surface area contributed by atoms with Gasteiger partial charge in [0.2, 0.25) is 0 Å². The first-order valence-corrected chi connectivity index (χ1v) is 5.67. The van der Waals surface area contributed by atoms with Crippen LogP contribution in [0.1, 0.15) is 39.0 Å². The molecular weight excluding hydrogens is 174 g/mol. The molecule has 14 heavy (non-hydrogen) atoms. The van der Waals surface area contributed by atoms with Gasteiger partial charge in [-0.05, 0) is 31.1 Å². The van der Waals surface area contributed by atoms with Crippen LogP contribution in [0.25, 0.3) is 0 Å². The zero-order valence-corrected chi connectivity index (χ0v) is 8.70.